The summed E-state index contributed by atoms with van der Waals surface area (Å²) in [6.07, 6.45) is 38.4. The summed E-state index contributed by atoms with van der Waals surface area (Å²) in [5.74, 6) is 5.34. The second-order valence-corrected chi connectivity index (χ2v) is 18.3. The second kappa shape index (κ2) is 19.6. The maximum atomic E-state index is 12.8. The third-order valence-electron chi connectivity index (χ3n) is 14.5. The molecule has 8 atom stereocenters. The lowest BCUT2D eigenvalue weighted by Crippen LogP contribution is -2.51. The summed E-state index contributed by atoms with van der Waals surface area (Å²) in [5.41, 5.74) is 2.54. The third-order valence-corrected chi connectivity index (χ3v) is 14.5. The maximum Gasteiger partial charge on any atom is 0.306 e. The molecule has 4 aliphatic rings. The fourth-order valence-corrected chi connectivity index (χ4v) is 11.6. The van der Waals surface area contributed by atoms with Crippen LogP contribution in [0.2, 0.25) is 0 Å². The lowest BCUT2D eigenvalue weighted by molar-refractivity contribution is -0.151. The lowest BCUT2D eigenvalue weighted by Gasteiger charge is -2.58. The molecule has 3 saturated carbocycles. The molecule has 0 unspecified atom stereocenters. The van der Waals surface area contributed by atoms with E-state index in [0.29, 0.717) is 17.3 Å². The van der Waals surface area contributed by atoms with Gasteiger partial charge >= 0.3 is 5.97 Å². The van der Waals surface area contributed by atoms with Crippen LogP contribution in [0.3, 0.4) is 0 Å². The van der Waals surface area contributed by atoms with Crippen LogP contribution in [0.4, 0.5) is 0 Å². The van der Waals surface area contributed by atoms with Crippen LogP contribution in [0.15, 0.2) is 11.6 Å². The zero-order valence-corrected chi connectivity index (χ0v) is 32.5. The molecule has 2 heteroatoms. The molecule has 4 aliphatic carbocycles. The van der Waals surface area contributed by atoms with Crippen LogP contribution >= 0.6 is 0 Å². The van der Waals surface area contributed by atoms with Gasteiger partial charge in [-0.3, -0.25) is 4.79 Å². The van der Waals surface area contributed by atoms with E-state index in [4.69, 9.17) is 4.74 Å². The van der Waals surface area contributed by atoms with Crippen molar-refractivity contribution in [2.75, 3.05) is 0 Å². The fourth-order valence-electron chi connectivity index (χ4n) is 11.6. The van der Waals surface area contributed by atoms with Gasteiger partial charge in [-0.15, -0.1) is 0 Å². The molecule has 0 aromatic heterocycles. The summed E-state index contributed by atoms with van der Waals surface area (Å²) < 4.78 is 6.13. The zero-order valence-electron chi connectivity index (χ0n) is 32.5. The highest BCUT2D eigenvalue weighted by molar-refractivity contribution is 5.69. The van der Waals surface area contributed by atoms with Crippen LogP contribution in [-0.4, -0.2) is 12.1 Å². The Morgan fingerprint density at radius 1 is 0.745 bits per heavy atom. The van der Waals surface area contributed by atoms with Gasteiger partial charge in [0, 0.05) is 12.8 Å². The Balaban J connectivity index is 1.10. The molecule has 0 bridgehead atoms. The van der Waals surface area contributed by atoms with Crippen molar-refractivity contribution in [2.24, 2.45) is 46.3 Å². The normalized spacial score (nSPS) is 32.4. The van der Waals surface area contributed by atoms with Crippen LogP contribution in [0.1, 0.15) is 215 Å². The number of allylic oxidation sites excluding steroid dienone is 1. The van der Waals surface area contributed by atoms with Gasteiger partial charge in [0.25, 0.3) is 0 Å². The first-order valence-electron chi connectivity index (χ1n) is 21.6. The summed E-state index contributed by atoms with van der Waals surface area (Å²) in [5, 5.41) is 0. The van der Waals surface area contributed by atoms with Gasteiger partial charge in [0.05, 0.1) is 0 Å². The van der Waals surface area contributed by atoms with E-state index < -0.39 is 0 Å². The molecule has 272 valence electrons. The quantitative estimate of drug-likeness (QED) is 0.0661. The number of fused-ring (bicyclic) bond motifs is 5. The monoisotopic (exact) mass is 653 g/mol. The van der Waals surface area contributed by atoms with Crippen LogP contribution in [0, 0.1) is 46.3 Å². The van der Waals surface area contributed by atoms with Crippen LogP contribution < -0.4 is 0 Å². The largest absolute Gasteiger partial charge is 0.462 e. The van der Waals surface area contributed by atoms with Crippen molar-refractivity contribution in [3.05, 3.63) is 11.6 Å². The summed E-state index contributed by atoms with van der Waals surface area (Å²) in [6, 6.07) is 0. The van der Waals surface area contributed by atoms with Gasteiger partial charge in [-0.25, -0.2) is 0 Å². The van der Waals surface area contributed by atoms with Crippen molar-refractivity contribution in [3.63, 3.8) is 0 Å². The zero-order chi connectivity index (χ0) is 33.7. The van der Waals surface area contributed by atoms with Gasteiger partial charge < -0.3 is 4.74 Å². The van der Waals surface area contributed by atoms with Crippen molar-refractivity contribution in [3.8, 4) is 0 Å². The Labute approximate surface area is 293 Å². The van der Waals surface area contributed by atoms with Crippen LogP contribution in [0.5, 0.6) is 0 Å². The number of rotatable bonds is 22. The van der Waals surface area contributed by atoms with Crippen molar-refractivity contribution in [2.45, 2.75) is 221 Å². The molecule has 0 amide bonds. The van der Waals surface area contributed by atoms with Crippen molar-refractivity contribution < 1.29 is 9.53 Å². The summed E-state index contributed by atoms with van der Waals surface area (Å²) in [7, 11) is 0. The molecular weight excluding hydrogens is 572 g/mol. The van der Waals surface area contributed by atoms with E-state index in [0.717, 1.165) is 54.8 Å². The van der Waals surface area contributed by atoms with E-state index in [1.807, 2.05) is 0 Å². The smallest absolute Gasteiger partial charge is 0.306 e. The van der Waals surface area contributed by atoms with E-state index in [9.17, 15) is 4.79 Å². The van der Waals surface area contributed by atoms with Crippen molar-refractivity contribution in [1.82, 2.24) is 0 Å². The van der Waals surface area contributed by atoms with Crippen LogP contribution in [0.25, 0.3) is 0 Å². The molecule has 47 heavy (non-hydrogen) atoms. The van der Waals surface area contributed by atoms with Gasteiger partial charge in [0.2, 0.25) is 0 Å². The second-order valence-electron chi connectivity index (χ2n) is 18.3. The minimum Gasteiger partial charge on any atom is -0.462 e. The summed E-state index contributed by atoms with van der Waals surface area (Å²) >= 11 is 0. The lowest BCUT2D eigenvalue weighted by atomic mass is 9.47. The molecule has 0 aromatic rings. The van der Waals surface area contributed by atoms with E-state index >= 15 is 0 Å². The molecule has 0 N–H and O–H groups in total. The van der Waals surface area contributed by atoms with E-state index in [-0.39, 0.29) is 12.1 Å². The molecule has 3 fully saturated rings. The van der Waals surface area contributed by atoms with Gasteiger partial charge in [-0.05, 0) is 97.7 Å². The number of carbonyl (C=O) groups is 1. The molecule has 2 nitrogen and oxygen atoms in total. The maximum absolute atomic E-state index is 12.8. The summed E-state index contributed by atoms with van der Waals surface area (Å²) in [6.45, 7) is 15.0. The fraction of sp³-hybridized carbons (Fsp3) is 0.933. The molecule has 0 aliphatic heterocycles. The molecule has 0 heterocycles. The van der Waals surface area contributed by atoms with Gasteiger partial charge in [-0.2, -0.15) is 0 Å². The minimum absolute atomic E-state index is 0.0653. The molecule has 4 rings (SSSR count). The minimum atomic E-state index is 0.0653. The standard InChI is InChI=1S/C45H80O2/c1-7-8-9-10-11-12-13-14-15-16-17-18-19-20-21-25-43(46)47-38-30-32-44(5)37(34-38)26-27-39-41-29-28-40(36(4)24-22-23-35(2)3)45(41,6)33-31-42(39)44/h26,35-36,38-42H,7-25,27-34H2,1-6H3/t36-,38+,39+,40+,41+,42+,44+,45-/m1/s1. The number of unbranched alkanes of at least 4 members (excludes halogenated alkanes) is 14. The molecule has 0 spiro atoms. The molecular formula is C45H80O2. The Morgan fingerprint density at radius 3 is 1.98 bits per heavy atom. The number of ether oxygens (including phenoxy) is 1. The predicted octanol–water partition coefficient (Wildman–Crippen LogP) is 14.2. The van der Waals surface area contributed by atoms with Crippen LogP contribution in [-0.2, 0) is 9.53 Å². The van der Waals surface area contributed by atoms with E-state index in [1.54, 1.807) is 5.57 Å². The Hall–Kier alpha value is -0.790. The number of carbonyl (C=O) groups excluding carboxylic acids is 1. The van der Waals surface area contributed by atoms with Gasteiger partial charge in [0.1, 0.15) is 6.10 Å². The van der Waals surface area contributed by atoms with Gasteiger partial charge in [0.15, 0.2) is 0 Å². The Kier molecular flexibility index (Phi) is 16.2. The average Bonchev–Trinajstić information content (AvgIpc) is 3.40. The SMILES string of the molecule is CCCCCCCCCCCCCCCCCC(=O)O[C@H]1CC[C@@]2(C)C(=CC[C@H]3[C@@H]4CC[C@@H]([C@H](C)CCCC(C)C)[C@@]4(C)CC[C@@H]32)C1. The number of hydrogen-bond acceptors (Lipinski definition) is 2. The van der Waals surface area contributed by atoms with Crippen molar-refractivity contribution >= 4 is 5.97 Å². The first-order valence-corrected chi connectivity index (χ1v) is 21.6. The molecule has 0 aromatic carbocycles. The topological polar surface area (TPSA) is 26.3 Å². The third kappa shape index (κ3) is 10.8. The molecule has 0 saturated heterocycles. The van der Waals surface area contributed by atoms with E-state index in [1.165, 1.54) is 148 Å². The van der Waals surface area contributed by atoms with Gasteiger partial charge in [-0.1, -0.05) is 162 Å². The number of esters is 1. The molecule has 0 radical (unpaired) electrons. The van der Waals surface area contributed by atoms with E-state index in [2.05, 4.69) is 47.6 Å². The Morgan fingerprint density at radius 2 is 1.36 bits per heavy atom. The Bertz CT molecular complexity index is 934. The highest BCUT2D eigenvalue weighted by atomic mass is 16.5. The predicted molar refractivity (Wildman–Crippen MR) is 202 cm³/mol. The first-order chi connectivity index (χ1) is 22.7. The number of hydrogen-bond donors (Lipinski definition) is 0. The summed E-state index contributed by atoms with van der Waals surface area (Å²) in [4.78, 5) is 12.8. The van der Waals surface area contributed by atoms with Crippen molar-refractivity contribution in [1.29, 1.82) is 0 Å². The highest BCUT2D eigenvalue weighted by Crippen LogP contribution is 2.67. The highest BCUT2D eigenvalue weighted by Gasteiger charge is 2.59. The average molecular weight is 653 g/mol. The first kappa shape index (κ1) is 39.0.